The maximum absolute atomic E-state index is 11.6. The molecule has 0 aliphatic rings. The van der Waals surface area contributed by atoms with Crippen molar-refractivity contribution < 1.29 is 14.7 Å². The van der Waals surface area contributed by atoms with Crippen molar-refractivity contribution in [1.82, 2.24) is 15.1 Å². The fourth-order valence-electron chi connectivity index (χ4n) is 1.46. The molecule has 0 aromatic rings. The number of carbonyl (C=O) groups is 2. The summed E-state index contributed by atoms with van der Waals surface area (Å²) in [4.78, 5) is 25.6. The Morgan fingerprint density at radius 2 is 1.72 bits per heavy atom. The van der Waals surface area contributed by atoms with Crippen molar-refractivity contribution in [3.63, 3.8) is 0 Å². The molecule has 0 aromatic heterocycles. The molecule has 0 radical (unpaired) electrons. The minimum Gasteiger partial charge on any atom is -0.481 e. The van der Waals surface area contributed by atoms with Crippen LogP contribution in [0.3, 0.4) is 0 Å². The third-order valence-electron chi connectivity index (χ3n) is 2.54. The summed E-state index contributed by atoms with van der Waals surface area (Å²) in [7, 11) is 5.77. The molecule has 0 rings (SSSR count). The minimum absolute atomic E-state index is 0.0934. The first-order chi connectivity index (χ1) is 8.43. The van der Waals surface area contributed by atoms with Crippen molar-refractivity contribution in [3.8, 4) is 0 Å². The molecule has 0 atom stereocenters. The van der Waals surface area contributed by atoms with E-state index in [0.717, 1.165) is 19.5 Å². The standard InChI is InChI=1S/C12H25N3O3/c1-14(2)9-6-10-15(3)12(18)13-8-5-4-7-11(16)17/h4-10H2,1-3H3,(H,13,18)(H,16,17). The molecule has 6 heteroatoms. The van der Waals surface area contributed by atoms with Crippen molar-refractivity contribution in [3.05, 3.63) is 0 Å². The van der Waals surface area contributed by atoms with E-state index in [1.54, 1.807) is 11.9 Å². The SMILES string of the molecule is CN(C)CCCN(C)C(=O)NCCCCC(=O)O. The van der Waals surface area contributed by atoms with Crippen LogP contribution in [0.1, 0.15) is 25.7 Å². The van der Waals surface area contributed by atoms with E-state index in [1.807, 2.05) is 14.1 Å². The summed E-state index contributed by atoms with van der Waals surface area (Å²) in [5, 5.41) is 11.2. The van der Waals surface area contributed by atoms with Gasteiger partial charge in [0.05, 0.1) is 0 Å². The van der Waals surface area contributed by atoms with Gasteiger partial charge in [-0.1, -0.05) is 0 Å². The van der Waals surface area contributed by atoms with Crippen molar-refractivity contribution >= 4 is 12.0 Å². The van der Waals surface area contributed by atoms with Crippen molar-refractivity contribution in [1.29, 1.82) is 0 Å². The van der Waals surface area contributed by atoms with E-state index in [-0.39, 0.29) is 12.5 Å². The summed E-state index contributed by atoms with van der Waals surface area (Å²) >= 11 is 0. The lowest BCUT2D eigenvalue weighted by Crippen LogP contribution is -2.38. The Kier molecular flexibility index (Phi) is 9.00. The van der Waals surface area contributed by atoms with Crippen LogP contribution in [0.25, 0.3) is 0 Å². The molecule has 2 amide bonds. The number of rotatable bonds is 9. The van der Waals surface area contributed by atoms with Gasteiger partial charge in [-0.25, -0.2) is 4.79 Å². The van der Waals surface area contributed by atoms with E-state index in [9.17, 15) is 9.59 Å². The molecule has 2 N–H and O–H groups in total. The van der Waals surface area contributed by atoms with Crippen molar-refractivity contribution in [2.75, 3.05) is 40.8 Å². The molecule has 6 nitrogen and oxygen atoms in total. The van der Waals surface area contributed by atoms with Crippen LogP contribution in [-0.4, -0.2) is 67.7 Å². The number of urea groups is 1. The van der Waals surface area contributed by atoms with Gasteiger partial charge in [0.15, 0.2) is 0 Å². The Labute approximate surface area is 109 Å². The molecule has 0 aromatic carbocycles. The predicted molar refractivity (Wildman–Crippen MR) is 70.7 cm³/mol. The van der Waals surface area contributed by atoms with E-state index in [1.165, 1.54) is 0 Å². The van der Waals surface area contributed by atoms with Crippen LogP contribution in [0.15, 0.2) is 0 Å². The van der Waals surface area contributed by atoms with E-state index >= 15 is 0 Å². The second kappa shape index (κ2) is 9.70. The summed E-state index contributed by atoms with van der Waals surface area (Å²) < 4.78 is 0. The zero-order valence-electron chi connectivity index (χ0n) is 11.6. The maximum atomic E-state index is 11.6. The summed E-state index contributed by atoms with van der Waals surface area (Å²) in [6, 6.07) is -0.0934. The van der Waals surface area contributed by atoms with Gasteiger partial charge >= 0.3 is 12.0 Å². The number of aliphatic carboxylic acids is 1. The third kappa shape index (κ3) is 9.89. The lowest BCUT2D eigenvalue weighted by Gasteiger charge is -2.19. The van der Waals surface area contributed by atoms with Gasteiger partial charge in [-0.15, -0.1) is 0 Å². The van der Waals surface area contributed by atoms with Gasteiger partial charge in [-0.3, -0.25) is 4.79 Å². The fourth-order valence-corrected chi connectivity index (χ4v) is 1.46. The molecule has 0 spiro atoms. The van der Waals surface area contributed by atoms with Crippen molar-refractivity contribution in [2.45, 2.75) is 25.7 Å². The average Bonchev–Trinajstić information content (AvgIpc) is 2.27. The van der Waals surface area contributed by atoms with Crippen LogP contribution in [-0.2, 0) is 4.79 Å². The summed E-state index contributed by atoms with van der Waals surface area (Å²) in [6.45, 7) is 2.21. The molecule has 0 fully saturated rings. The number of nitrogens with zero attached hydrogens (tertiary/aromatic N) is 2. The first kappa shape index (κ1) is 16.7. The molecule has 18 heavy (non-hydrogen) atoms. The Hall–Kier alpha value is -1.30. The number of nitrogens with one attached hydrogen (secondary N) is 1. The molecule has 0 heterocycles. The Balaban J connectivity index is 3.52. The van der Waals surface area contributed by atoms with Gasteiger partial charge in [0.2, 0.25) is 0 Å². The fraction of sp³-hybridized carbons (Fsp3) is 0.833. The number of carboxylic acid groups (broad SMARTS) is 1. The van der Waals surface area contributed by atoms with Crippen LogP contribution in [0.2, 0.25) is 0 Å². The molecule has 106 valence electrons. The minimum atomic E-state index is -0.790. The van der Waals surface area contributed by atoms with E-state index < -0.39 is 5.97 Å². The van der Waals surface area contributed by atoms with Gasteiger partial charge in [0.1, 0.15) is 0 Å². The molecule has 0 saturated heterocycles. The smallest absolute Gasteiger partial charge is 0.317 e. The monoisotopic (exact) mass is 259 g/mol. The second-order valence-electron chi connectivity index (χ2n) is 4.66. The average molecular weight is 259 g/mol. The van der Waals surface area contributed by atoms with Crippen molar-refractivity contribution in [2.24, 2.45) is 0 Å². The predicted octanol–water partition coefficient (Wildman–Crippen LogP) is 0.834. The van der Waals surface area contributed by atoms with Gasteiger partial charge in [-0.05, 0) is 39.9 Å². The number of unbranched alkanes of at least 4 members (excludes halogenated alkanes) is 1. The number of carboxylic acids is 1. The topological polar surface area (TPSA) is 72.9 Å². The molecule has 0 aliphatic heterocycles. The first-order valence-corrected chi connectivity index (χ1v) is 6.29. The van der Waals surface area contributed by atoms with Crippen LogP contribution in [0, 0.1) is 0 Å². The first-order valence-electron chi connectivity index (χ1n) is 6.29. The molecule has 0 aliphatic carbocycles. The summed E-state index contributed by atoms with van der Waals surface area (Å²) in [5.41, 5.74) is 0. The molecular formula is C12H25N3O3. The third-order valence-corrected chi connectivity index (χ3v) is 2.54. The Bertz CT molecular complexity index is 257. The van der Waals surface area contributed by atoms with E-state index in [2.05, 4.69) is 10.2 Å². The lowest BCUT2D eigenvalue weighted by atomic mass is 10.2. The Morgan fingerprint density at radius 1 is 1.06 bits per heavy atom. The Morgan fingerprint density at radius 3 is 2.28 bits per heavy atom. The van der Waals surface area contributed by atoms with Gasteiger partial charge in [0.25, 0.3) is 0 Å². The van der Waals surface area contributed by atoms with Crippen LogP contribution in [0.5, 0.6) is 0 Å². The molecule has 0 bridgehead atoms. The number of hydrogen-bond acceptors (Lipinski definition) is 3. The van der Waals surface area contributed by atoms with Crippen LogP contribution in [0.4, 0.5) is 4.79 Å². The van der Waals surface area contributed by atoms with Gasteiger partial charge in [-0.2, -0.15) is 0 Å². The van der Waals surface area contributed by atoms with E-state index in [4.69, 9.17) is 5.11 Å². The van der Waals surface area contributed by atoms with Gasteiger partial charge in [0, 0.05) is 26.6 Å². The van der Waals surface area contributed by atoms with Crippen LogP contribution >= 0.6 is 0 Å². The normalized spacial score (nSPS) is 10.4. The summed E-state index contributed by atoms with van der Waals surface area (Å²) in [5.74, 6) is -0.790. The second-order valence-corrected chi connectivity index (χ2v) is 4.66. The highest BCUT2D eigenvalue weighted by molar-refractivity contribution is 5.73. The highest BCUT2D eigenvalue weighted by Crippen LogP contribution is 1.95. The highest BCUT2D eigenvalue weighted by atomic mass is 16.4. The van der Waals surface area contributed by atoms with Gasteiger partial charge < -0.3 is 20.2 Å². The number of amides is 2. The number of carbonyl (C=O) groups excluding carboxylic acids is 1. The molecular weight excluding hydrogens is 234 g/mol. The zero-order valence-corrected chi connectivity index (χ0v) is 11.6. The summed E-state index contributed by atoms with van der Waals surface area (Å²) in [6.07, 6.45) is 2.40. The lowest BCUT2D eigenvalue weighted by molar-refractivity contribution is -0.137. The largest absolute Gasteiger partial charge is 0.481 e. The maximum Gasteiger partial charge on any atom is 0.317 e. The molecule has 0 saturated carbocycles. The van der Waals surface area contributed by atoms with Crippen LogP contribution < -0.4 is 5.32 Å². The van der Waals surface area contributed by atoms with E-state index in [0.29, 0.717) is 19.4 Å². The molecule has 0 unspecified atom stereocenters. The highest BCUT2D eigenvalue weighted by Gasteiger charge is 2.07. The quantitative estimate of drug-likeness (QED) is 0.602. The zero-order chi connectivity index (χ0) is 14.0. The number of hydrogen-bond donors (Lipinski definition) is 2.